The summed E-state index contributed by atoms with van der Waals surface area (Å²) in [5, 5.41) is 13.7. The Bertz CT molecular complexity index is 622. The van der Waals surface area contributed by atoms with Crippen LogP contribution in [0.2, 0.25) is 0 Å². The second-order valence-corrected chi connectivity index (χ2v) is 4.24. The van der Waals surface area contributed by atoms with E-state index in [0.717, 1.165) is 0 Å². The molecular weight excluding hydrogens is 318 g/mol. The Kier molecular flexibility index (Phi) is 3.85. The minimum absolute atomic E-state index is 0.0814. The Labute approximate surface area is 116 Å². The first-order chi connectivity index (χ1) is 9.11. The van der Waals surface area contributed by atoms with Gasteiger partial charge in [-0.3, -0.25) is 15.1 Å². The molecule has 0 aromatic carbocycles. The Hall–Kier alpha value is -2.29. The Morgan fingerprint density at radius 1 is 1.42 bits per heavy atom. The monoisotopic (exact) mass is 325 g/mol. The van der Waals surface area contributed by atoms with Crippen molar-refractivity contribution in [3.63, 3.8) is 0 Å². The summed E-state index contributed by atoms with van der Waals surface area (Å²) in [4.78, 5) is 21.9. The van der Waals surface area contributed by atoms with Crippen LogP contribution in [0.1, 0.15) is 0 Å². The minimum Gasteiger partial charge on any atom is -0.432 e. The maximum Gasteiger partial charge on any atom is 0.373 e. The van der Waals surface area contributed by atoms with Crippen LogP contribution < -0.4 is 10.1 Å². The van der Waals surface area contributed by atoms with Crippen LogP contribution in [0.3, 0.4) is 0 Å². The summed E-state index contributed by atoms with van der Waals surface area (Å²) in [6.07, 6.45) is 4.18. The predicted octanol–water partition coefficient (Wildman–Crippen LogP) is 2.38. The first-order valence-corrected chi connectivity index (χ1v) is 5.86. The standard InChI is InChI=1S/C10H8BrN5O3/c1-12-9-8(16(17)18)10(15-5-14-9)19-7-2-6(11)3-13-4-7/h2-5H,1H3,(H,12,14,15). The fourth-order valence-corrected chi connectivity index (χ4v) is 1.69. The lowest BCUT2D eigenvalue weighted by atomic mass is 10.4. The minimum atomic E-state index is -0.605. The van der Waals surface area contributed by atoms with Crippen molar-refractivity contribution in [2.45, 2.75) is 0 Å². The molecule has 9 heteroatoms. The second kappa shape index (κ2) is 5.57. The highest BCUT2D eigenvalue weighted by molar-refractivity contribution is 9.10. The highest BCUT2D eigenvalue weighted by Gasteiger charge is 2.24. The summed E-state index contributed by atoms with van der Waals surface area (Å²) >= 11 is 3.23. The fourth-order valence-electron chi connectivity index (χ4n) is 1.34. The average Bonchev–Trinajstić information content (AvgIpc) is 2.38. The van der Waals surface area contributed by atoms with Crippen LogP contribution in [0.25, 0.3) is 0 Å². The summed E-state index contributed by atoms with van der Waals surface area (Å²) in [6, 6.07) is 1.62. The van der Waals surface area contributed by atoms with Crippen LogP contribution in [-0.2, 0) is 0 Å². The van der Waals surface area contributed by atoms with Gasteiger partial charge in [0.25, 0.3) is 0 Å². The third-order valence-electron chi connectivity index (χ3n) is 2.10. The molecule has 0 aliphatic carbocycles. The lowest BCUT2D eigenvalue weighted by Gasteiger charge is -2.07. The zero-order valence-corrected chi connectivity index (χ0v) is 11.3. The zero-order valence-electron chi connectivity index (χ0n) is 9.70. The maximum absolute atomic E-state index is 11.0. The van der Waals surface area contributed by atoms with Gasteiger partial charge in [-0.25, -0.2) is 4.98 Å². The number of hydrogen-bond acceptors (Lipinski definition) is 7. The summed E-state index contributed by atoms with van der Waals surface area (Å²) in [7, 11) is 1.53. The molecule has 0 amide bonds. The molecule has 2 rings (SSSR count). The van der Waals surface area contributed by atoms with Crippen LogP contribution in [-0.4, -0.2) is 26.9 Å². The van der Waals surface area contributed by atoms with Gasteiger partial charge in [0.1, 0.15) is 12.1 Å². The van der Waals surface area contributed by atoms with Gasteiger partial charge in [-0.15, -0.1) is 0 Å². The molecule has 0 fully saturated rings. The van der Waals surface area contributed by atoms with Gasteiger partial charge < -0.3 is 10.1 Å². The molecule has 19 heavy (non-hydrogen) atoms. The SMILES string of the molecule is CNc1ncnc(Oc2cncc(Br)c2)c1[N+](=O)[O-]. The highest BCUT2D eigenvalue weighted by Crippen LogP contribution is 2.33. The fraction of sp³-hybridized carbons (Fsp3) is 0.100. The smallest absolute Gasteiger partial charge is 0.373 e. The number of ether oxygens (including phenoxy) is 1. The van der Waals surface area contributed by atoms with Crippen molar-refractivity contribution < 1.29 is 9.66 Å². The zero-order chi connectivity index (χ0) is 13.8. The summed E-state index contributed by atoms with van der Waals surface area (Å²) in [5.74, 6) is 0.264. The normalized spacial score (nSPS) is 10.0. The van der Waals surface area contributed by atoms with E-state index in [9.17, 15) is 10.1 Å². The molecule has 0 atom stereocenters. The van der Waals surface area contributed by atoms with Crippen molar-refractivity contribution >= 4 is 27.4 Å². The van der Waals surface area contributed by atoms with Gasteiger partial charge in [-0.05, 0) is 22.0 Å². The second-order valence-electron chi connectivity index (χ2n) is 3.32. The maximum atomic E-state index is 11.0. The van der Waals surface area contributed by atoms with Gasteiger partial charge >= 0.3 is 11.6 Å². The van der Waals surface area contributed by atoms with Gasteiger partial charge in [0.15, 0.2) is 0 Å². The van der Waals surface area contributed by atoms with E-state index in [0.29, 0.717) is 10.2 Å². The summed E-state index contributed by atoms with van der Waals surface area (Å²) < 4.78 is 6.06. The molecular formula is C10H8BrN5O3. The van der Waals surface area contributed by atoms with E-state index in [-0.39, 0.29) is 17.4 Å². The van der Waals surface area contributed by atoms with Crippen molar-refractivity contribution in [3.05, 3.63) is 39.4 Å². The van der Waals surface area contributed by atoms with Gasteiger partial charge in [0.2, 0.25) is 5.82 Å². The van der Waals surface area contributed by atoms with E-state index in [1.807, 2.05) is 0 Å². The first kappa shape index (κ1) is 13.1. The highest BCUT2D eigenvalue weighted by atomic mass is 79.9. The van der Waals surface area contributed by atoms with Gasteiger partial charge in [0, 0.05) is 17.7 Å². The van der Waals surface area contributed by atoms with E-state index in [4.69, 9.17) is 4.74 Å². The van der Waals surface area contributed by atoms with Crippen LogP contribution in [0.15, 0.2) is 29.3 Å². The first-order valence-electron chi connectivity index (χ1n) is 5.07. The number of pyridine rings is 1. The van der Waals surface area contributed by atoms with Crippen molar-refractivity contribution in [2.24, 2.45) is 0 Å². The van der Waals surface area contributed by atoms with Gasteiger partial charge in [-0.1, -0.05) is 0 Å². The van der Waals surface area contributed by atoms with Crippen molar-refractivity contribution in [1.82, 2.24) is 15.0 Å². The third kappa shape index (κ3) is 2.94. The van der Waals surface area contributed by atoms with E-state index in [1.54, 1.807) is 12.3 Å². The Morgan fingerprint density at radius 2 is 2.21 bits per heavy atom. The molecule has 2 heterocycles. The van der Waals surface area contributed by atoms with E-state index in [1.165, 1.54) is 19.6 Å². The lowest BCUT2D eigenvalue weighted by Crippen LogP contribution is -2.03. The predicted molar refractivity (Wildman–Crippen MR) is 70.2 cm³/mol. The molecule has 0 saturated carbocycles. The van der Waals surface area contributed by atoms with Crippen molar-refractivity contribution in [2.75, 3.05) is 12.4 Å². The number of nitrogens with one attached hydrogen (secondary N) is 1. The molecule has 2 aromatic rings. The molecule has 98 valence electrons. The molecule has 0 spiro atoms. The number of nitro groups is 1. The Morgan fingerprint density at radius 3 is 2.84 bits per heavy atom. The third-order valence-corrected chi connectivity index (χ3v) is 2.54. The van der Waals surface area contributed by atoms with Crippen molar-refractivity contribution in [1.29, 1.82) is 0 Å². The molecule has 0 aliphatic rings. The van der Waals surface area contributed by atoms with Gasteiger partial charge in [-0.2, -0.15) is 4.98 Å². The molecule has 0 unspecified atom stereocenters. The number of halogens is 1. The molecule has 0 aliphatic heterocycles. The number of rotatable bonds is 4. The number of nitrogens with zero attached hydrogens (tertiary/aromatic N) is 4. The number of aromatic nitrogens is 3. The number of anilines is 1. The van der Waals surface area contributed by atoms with Crippen LogP contribution >= 0.6 is 15.9 Å². The van der Waals surface area contributed by atoms with Crippen LogP contribution in [0.4, 0.5) is 11.5 Å². The molecule has 0 radical (unpaired) electrons. The van der Waals surface area contributed by atoms with E-state index < -0.39 is 4.92 Å². The number of hydrogen-bond donors (Lipinski definition) is 1. The average molecular weight is 326 g/mol. The van der Waals surface area contributed by atoms with Gasteiger partial charge in [0.05, 0.1) is 11.1 Å². The van der Waals surface area contributed by atoms with Crippen molar-refractivity contribution in [3.8, 4) is 11.6 Å². The molecule has 2 aromatic heterocycles. The lowest BCUT2D eigenvalue weighted by molar-refractivity contribution is -0.385. The van der Waals surface area contributed by atoms with E-state index >= 15 is 0 Å². The molecule has 1 N–H and O–H groups in total. The van der Waals surface area contributed by atoms with E-state index in [2.05, 4.69) is 36.2 Å². The quantitative estimate of drug-likeness (QED) is 0.679. The molecule has 0 bridgehead atoms. The largest absolute Gasteiger partial charge is 0.432 e. The molecule has 0 saturated heterocycles. The van der Waals surface area contributed by atoms with Crippen LogP contribution in [0.5, 0.6) is 11.6 Å². The topological polar surface area (TPSA) is 103 Å². The Balaban J connectivity index is 2.42. The summed E-state index contributed by atoms with van der Waals surface area (Å²) in [6.45, 7) is 0. The molecule has 8 nitrogen and oxygen atoms in total. The van der Waals surface area contributed by atoms with Crippen LogP contribution in [0, 0.1) is 10.1 Å². The summed E-state index contributed by atoms with van der Waals surface area (Å²) in [5.41, 5.74) is -0.329.